The zero-order chi connectivity index (χ0) is 51.3. The summed E-state index contributed by atoms with van der Waals surface area (Å²) >= 11 is 0. The number of hydrogen-bond acceptors (Lipinski definition) is 2. The van der Waals surface area contributed by atoms with Crippen LogP contribution in [0.25, 0.3) is 49.5 Å². The van der Waals surface area contributed by atoms with Crippen LogP contribution in [0.1, 0.15) is 130 Å². The highest BCUT2D eigenvalue weighted by atomic mass is 15.2. The van der Waals surface area contributed by atoms with Crippen molar-refractivity contribution in [1.82, 2.24) is 4.48 Å². The maximum absolute atomic E-state index is 2.80. The standard InChI is InChI=1S/C69H70BN3/c1-65(2,3)44-29-33-49(34-30-44)72-59-42-47(68(10,11)12)41-52-51-35-38-58(71(48-25-19-16-20-26-48)56-28-22-21-27-50(56)43-23-17-15-18-24-43)60-54-40-46(67(7,8)9)32-37-57(54)73(63(51)60)70(61(52)59)62-53-39-45(66(4,5)6)31-36-55(53)69(13,14)64(62)72/h15-42H,1-14H3. The van der Waals surface area contributed by atoms with Gasteiger partial charge in [-0.2, -0.15) is 0 Å². The van der Waals surface area contributed by atoms with E-state index in [0.29, 0.717) is 0 Å². The van der Waals surface area contributed by atoms with E-state index < -0.39 is 0 Å². The van der Waals surface area contributed by atoms with Crippen LogP contribution in [0.2, 0.25) is 0 Å². The molecular formula is C69H70BN3. The number of aromatic nitrogens is 1. The monoisotopic (exact) mass is 952 g/mol. The quantitative estimate of drug-likeness (QED) is 0.159. The van der Waals surface area contributed by atoms with Gasteiger partial charge in [-0.05, 0) is 132 Å². The van der Waals surface area contributed by atoms with Gasteiger partial charge in [0.25, 0.3) is 0 Å². The maximum atomic E-state index is 2.80. The summed E-state index contributed by atoms with van der Waals surface area (Å²) in [6, 6.07) is 65.3. The van der Waals surface area contributed by atoms with Crippen molar-refractivity contribution in [1.29, 1.82) is 0 Å². The number of benzene rings is 8. The number of allylic oxidation sites excluding steroid dienone is 1. The van der Waals surface area contributed by atoms with Gasteiger partial charge in [0.2, 0.25) is 0 Å². The second-order valence-electron chi connectivity index (χ2n) is 25.9. The molecule has 9 aromatic rings. The van der Waals surface area contributed by atoms with Gasteiger partial charge in [-0.25, -0.2) is 0 Å². The van der Waals surface area contributed by atoms with E-state index in [1.54, 1.807) is 0 Å². The summed E-state index contributed by atoms with van der Waals surface area (Å²) in [4.78, 5) is 5.24. The van der Waals surface area contributed by atoms with E-state index in [2.05, 4.69) is 281 Å². The summed E-state index contributed by atoms with van der Waals surface area (Å²) in [6.45, 7) is 33.1. The Morgan fingerprint density at radius 1 is 0.466 bits per heavy atom. The van der Waals surface area contributed by atoms with Crippen molar-refractivity contribution in [3.05, 3.63) is 209 Å². The normalized spacial score (nSPS) is 15.0. The van der Waals surface area contributed by atoms with Crippen LogP contribution in [0, 0.1) is 0 Å². The second kappa shape index (κ2) is 16.0. The molecule has 3 nitrogen and oxygen atoms in total. The maximum Gasteiger partial charge on any atom is 0.333 e. The number of hydrogen-bond donors (Lipinski definition) is 0. The average Bonchev–Trinajstić information content (AvgIpc) is 3.81. The molecule has 0 spiro atoms. The van der Waals surface area contributed by atoms with Gasteiger partial charge < -0.3 is 14.3 Å². The molecule has 2 aliphatic heterocycles. The fraction of sp³-hybridized carbons (Fsp3) is 0.275. The van der Waals surface area contributed by atoms with E-state index in [-0.39, 0.29) is 33.9 Å². The third-order valence-electron chi connectivity index (χ3n) is 16.5. The van der Waals surface area contributed by atoms with Crippen LogP contribution in [0.5, 0.6) is 0 Å². The SMILES string of the molecule is CC(C)(C)c1ccc(N2C3=C(B4c5c(cc(C(C)(C)C)cc52)-c2ccc(N(c5ccccc5)c5ccccc5-c5ccccc5)c5c6cc(C(C)(C)C)ccc6n4c25)c2cc(C(C)(C)C)ccc2C3(C)C)cc1. The lowest BCUT2D eigenvalue weighted by molar-refractivity contribution is 0.586. The molecule has 0 amide bonds. The molecular weight excluding hydrogens is 882 g/mol. The van der Waals surface area contributed by atoms with Gasteiger partial charge >= 0.3 is 6.85 Å². The molecule has 1 aliphatic carbocycles. The van der Waals surface area contributed by atoms with Crippen LogP contribution < -0.4 is 15.3 Å². The zero-order valence-corrected chi connectivity index (χ0v) is 45.6. The molecule has 0 saturated heterocycles. The van der Waals surface area contributed by atoms with Crippen molar-refractivity contribution in [3.63, 3.8) is 0 Å². The van der Waals surface area contributed by atoms with Crippen LogP contribution in [0.3, 0.4) is 0 Å². The van der Waals surface area contributed by atoms with Gasteiger partial charge in [-0.1, -0.05) is 212 Å². The third kappa shape index (κ3) is 7.21. The molecule has 0 N–H and O–H groups in total. The Morgan fingerprint density at radius 2 is 1.04 bits per heavy atom. The minimum atomic E-state index is -0.325. The van der Waals surface area contributed by atoms with Crippen molar-refractivity contribution >= 4 is 68.0 Å². The van der Waals surface area contributed by atoms with E-state index in [1.807, 2.05) is 0 Å². The summed E-state index contributed by atoms with van der Waals surface area (Å²) in [7, 11) is 0. The van der Waals surface area contributed by atoms with Gasteiger partial charge in [0.15, 0.2) is 0 Å². The Kier molecular flexibility index (Phi) is 10.3. The van der Waals surface area contributed by atoms with Crippen molar-refractivity contribution in [2.45, 2.75) is 124 Å². The Bertz CT molecular complexity index is 3730. The number of anilines is 5. The minimum Gasteiger partial charge on any atom is -0.375 e. The van der Waals surface area contributed by atoms with Crippen LogP contribution in [0.4, 0.5) is 28.4 Å². The van der Waals surface area contributed by atoms with Crippen LogP contribution in [-0.2, 0) is 27.1 Å². The molecule has 0 radical (unpaired) electrons. The molecule has 0 bridgehead atoms. The Labute approximate surface area is 435 Å². The molecule has 0 fully saturated rings. The van der Waals surface area contributed by atoms with Gasteiger partial charge in [-0.3, -0.25) is 0 Å². The molecule has 0 saturated carbocycles. The van der Waals surface area contributed by atoms with Crippen LogP contribution in [0.15, 0.2) is 176 Å². The highest BCUT2D eigenvalue weighted by Gasteiger charge is 2.53. The Balaban J connectivity index is 1.27. The summed E-state index contributed by atoms with van der Waals surface area (Å²) in [6.07, 6.45) is 0. The number of para-hydroxylation sites is 2. The van der Waals surface area contributed by atoms with E-state index in [4.69, 9.17) is 0 Å². The van der Waals surface area contributed by atoms with E-state index in [9.17, 15) is 0 Å². The molecule has 0 unspecified atom stereocenters. The summed E-state index contributed by atoms with van der Waals surface area (Å²) < 4.78 is 2.80. The number of fused-ring (bicyclic) bond motifs is 8. The number of rotatable bonds is 5. The van der Waals surface area contributed by atoms with Crippen molar-refractivity contribution in [2.75, 3.05) is 9.80 Å². The zero-order valence-electron chi connectivity index (χ0n) is 45.6. The van der Waals surface area contributed by atoms with E-state index >= 15 is 0 Å². The first kappa shape index (κ1) is 47.0. The topological polar surface area (TPSA) is 11.4 Å². The minimum absolute atomic E-state index is 0.0312. The van der Waals surface area contributed by atoms with Crippen molar-refractivity contribution in [2.24, 2.45) is 0 Å². The molecule has 12 rings (SSSR count). The lowest BCUT2D eigenvalue weighted by Crippen LogP contribution is -2.50. The first-order valence-corrected chi connectivity index (χ1v) is 26.6. The molecule has 364 valence electrons. The van der Waals surface area contributed by atoms with Crippen LogP contribution in [-0.4, -0.2) is 11.3 Å². The van der Waals surface area contributed by atoms with Crippen molar-refractivity contribution in [3.8, 4) is 22.3 Å². The van der Waals surface area contributed by atoms with E-state index in [1.165, 1.54) is 111 Å². The fourth-order valence-electron chi connectivity index (χ4n) is 12.5. The lowest BCUT2D eigenvalue weighted by atomic mass is 9.43. The van der Waals surface area contributed by atoms with Crippen LogP contribution >= 0.6 is 0 Å². The smallest absolute Gasteiger partial charge is 0.333 e. The fourth-order valence-corrected chi connectivity index (χ4v) is 12.5. The largest absolute Gasteiger partial charge is 0.375 e. The first-order valence-electron chi connectivity index (χ1n) is 26.6. The van der Waals surface area contributed by atoms with E-state index in [0.717, 1.165) is 11.4 Å². The first-order chi connectivity index (χ1) is 34.5. The summed E-state index contributed by atoms with van der Waals surface area (Å²) in [5.74, 6) is 0. The van der Waals surface area contributed by atoms with Gasteiger partial charge in [0, 0.05) is 61.1 Å². The third-order valence-corrected chi connectivity index (χ3v) is 16.5. The summed E-state index contributed by atoms with van der Waals surface area (Å²) in [5, 5.41) is 2.56. The second-order valence-corrected chi connectivity index (χ2v) is 25.9. The Morgan fingerprint density at radius 3 is 1.70 bits per heavy atom. The number of nitrogens with zero attached hydrogens (tertiary/aromatic N) is 3. The molecule has 73 heavy (non-hydrogen) atoms. The average molecular weight is 952 g/mol. The predicted octanol–water partition coefficient (Wildman–Crippen LogP) is 18.2. The highest BCUT2D eigenvalue weighted by Crippen LogP contribution is 2.59. The molecule has 8 aromatic carbocycles. The Hall–Kier alpha value is -7.04. The molecule has 1 aromatic heterocycles. The predicted molar refractivity (Wildman–Crippen MR) is 316 cm³/mol. The van der Waals surface area contributed by atoms with Gasteiger partial charge in [-0.15, -0.1) is 0 Å². The lowest BCUT2D eigenvalue weighted by Gasteiger charge is -2.44. The van der Waals surface area contributed by atoms with Gasteiger partial charge in [0.05, 0.1) is 11.4 Å². The molecule has 4 heteroatoms. The van der Waals surface area contributed by atoms with Gasteiger partial charge in [0.1, 0.15) is 0 Å². The molecule has 3 heterocycles. The highest BCUT2D eigenvalue weighted by molar-refractivity contribution is 6.93. The molecule has 3 aliphatic rings. The molecule has 0 atom stereocenters. The summed E-state index contributed by atoms with van der Waals surface area (Å²) in [5.41, 5.74) is 25.2. The van der Waals surface area contributed by atoms with Crippen molar-refractivity contribution < 1.29 is 0 Å².